The van der Waals surface area contributed by atoms with Crippen molar-refractivity contribution in [3.63, 3.8) is 0 Å². The van der Waals surface area contributed by atoms with Gasteiger partial charge in [0.25, 0.3) is 0 Å². The molecule has 1 aromatic rings. The zero-order chi connectivity index (χ0) is 14.8. The normalized spacial score (nSPS) is 20.8. The number of hydrogen-bond acceptors (Lipinski definition) is 4. The molecule has 6 nitrogen and oxygen atoms in total. The quantitative estimate of drug-likeness (QED) is 0.902. The lowest BCUT2D eigenvalue weighted by molar-refractivity contribution is -0.00278. The molecule has 0 aromatic heterocycles. The topological polar surface area (TPSA) is 83.9 Å². The summed E-state index contributed by atoms with van der Waals surface area (Å²) in [6, 6.07) is 5.41. The molecule has 20 heavy (non-hydrogen) atoms. The summed E-state index contributed by atoms with van der Waals surface area (Å²) in [7, 11) is -3.67. The SMILES string of the molecule is CCC1CN(S(=O)(=O)c2cccc(C(=O)O)c2)CCO1. The highest BCUT2D eigenvalue weighted by molar-refractivity contribution is 7.89. The number of hydrogen-bond donors (Lipinski definition) is 1. The standard InChI is InChI=1S/C13H17NO5S/c1-2-11-9-14(6-7-19-11)20(17,18)12-5-3-4-10(8-12)13(15)16/h3-5,8,11H,2,6-7,9H2,1H3,(H,15,16). The molecule has 1 aromatic carbocycles. The summed E-state index contributed by atoms with van der Waals surface area (Å²) in [6.45, 7) is 2.88. The van der Waals surface area contributed by atoms with Crippen LogP contribution in [0.5, 0.6) is 0 Å². The van der Waals surface area contributed by atoms with Crippen LogP contribution in [-0.4, -0.2) is 49.6 Å². The minimum Gasteiger partial charge on any atom is -0.478 e. The molecule has 7 heteroatoms. The molecule has 1 aliphatic heterocycles. The van der Waals surface area contributed by atoms with Gasteiger partial charge in [0.2, 0.25) is 10.0 Å². The molecule has 1 heterocycles. The summed E-state index contributed by atoms with van der Waals surface area (Å²) in [4.78, 5) is 10.9. The number of carboxylic acids is 1. The fourth-order valence-electron chi connectivity index (χ4n) is 2.10. The van der Waals surface area contributed by atoms with Gasteiger partial charge in [-0.25, -0.2) is 13.2 Å². The highest BCUT2D eigenvalue weighted by atomic mass is 32.2. The molecule has 2 rings (SSSR count). The predicted octanol–water partition coefficient (Wildman–Crippen LogP) is 1.18. The maximum atomic E-state index is 12.5. The fraction of sp³-hybridized carbons (Fsp3) is 0.462. The molecule has 110 valence electrons. The average Bonchev–Trinajstić information content (AvgIpc) is 2.47. The van der Waals surface area contributed by atoms with Gasteiger partial charge in [0.05, 0.1) is 23.2 Å². The number of sulfonamides is 1. The van der Waals surface area contributed by atoms with Crippen molar-refractivity contribution < 1.29 is 23.1 Å². The van der Waals surface area contributed by atoms with E-state index in [9.17, 15) is 13.2 Å². The van der Waals surface area contributed by atoms with Crippen molar-refractivity contribution in [3.05, 3.63) is 29.8 Å². The van der Waals surface area contributed by atoms with Gasteiger partial charge in [0.15, 0.2) is 0 Å². The number of rotatable bonds is 4. The van der Waals surface area contributed by atoms with Crippen molar-refractivity contribution in [3.8, 4) is 0 Å². The van der Waals surface area contributed by atoms with E-state index in [1.165, 1.54) is 28.6 Å². The molecule has 1 atom stereocenters. The second kappa shape index (κ2) is 5.90. The predicted molar refractivity (Wildman–Crippen MR) is 72.2 cm³/mol. The molecular formula is C13H17NO5S. The van der Waals surface area contributed by atoms with Crippen LogP contribution in [0.15, 0.2) is 29.2 Å². The lowest BCUT2D eigenvalue weighted by atomic mass is 10.2. The summed E-state index contributed by atoms with van der Waals surface area (Å²) < 4.78 is 31.8. The Labute approximate surface area is 118 Å². The zero-order valence-corrected chi connectivity index (χ0v) is 12.0. The van der Waals surface area contributed by atoms with E-state index in [4.69, 9.17) is 9.84 Å². The molecule has 0 bridgehead atoms. The minimum absolute atomic E-state index is 0.00848. The number of ether oxygens (including phenoxy) is 1. The van der Waals surface area contributed by atoms with Gasteiger partial charge in [0.1, 0.15) is 0 Å². The van der Waals surface area contributed by atoms with Gasteiger partial charge in [0, 0.05) is 13.1 Å². The molecule has 1 unspecified atom stereocenters. The Kier molecular flexibility index (Phi) is 4.42. The van der Waals surface area contributed by atoms with Crippen LogP contribution in [0, 0.1) is 0 Å². The lowest BCUT2D eigenvalue weighted by Crippen LogP contribution is -2.45. The Morgan fingerprint density at radius 2 is 2.25 bits per heavy atom. The van der Waals surface area contributed by atoms with Gasteiger partial charge in [-0.15, -0.1) is 0 Å². The Morgan fingerprint density at radius 3 is 2.90 bits per heavy atom. The van der Waals surface area contributed by atoms with Crippen molar-refractivity contribution in [1.29, 1.82) is 0 Å². The molecule has 1 aliphatic rings. The highest BCUT2D eigenvalue weighted by Gasteiger charge is 2.30. The smallest absolute Gasteiger partial charge is 0.335 e. The van der Waals surface area contributed by atoms with Crippen LogP contribution in [0.1, 0.15) is 23.7 Å². The molecule has 0 radical (unpaired) electrons. The van der Waals surface area contributed by atoms with E-state index in [1.807, 2.05) is 6.92 Å². The number of carbonyl (C=O) groups is 1. The minimum atomic E-state index is -3.67. The molecule has 0 amide bonds. The first-order valence-corrected chi connectivity index (χ1v) is 7.84. The number of carboxylic acid groups (broad SMARTS) is 1. The summed E-state index contributed by atoms with van der Waals surface area (Å²) in [6.07, 6.45) is 0.627. The fourth-order valence-corrected chi connectivity index (χ4v) is 3.60. The first-order chi connectivity index (χ1) is 9.45. The number of morpholine rings is 1. The average molecular weight is 299 g/mol. The number of nitrogens with zero attached hydrogens (tertiary/aromatic N) is 1. The van der Waals surface area contributed by atoms with Crippen LogP contribution < -0.4 is 0 Å². The molecule has 1 fully saturated rings. The summed E-state index contributed by atoms with van der Waals surface area (Å²) >= 11 is 0. The monoisotopic (exact) mass is 299 g/mol. The van der Waals surface area contributed by atoms with Crippen LogP contribution in [-0.2, 0) is 14.8 Å². The van der Waals surface area contributed by atoms with Gasteiger partial charge < -0.3 is 9.84 Å². The van der Waals surface area contributed by atoms with Crippen molar-refractivity contribution in [2.24, 2.45) is 0 Å². The van der Waals surface area contributed by atoms with Crippen molar-refractivity contribution in [1.82, 2.24) is 4.31 Å². The molecule has 0 spiro atoms. The second-order valence-corrected chi connectivity index (χ2v) is 6.54. The first kappa shape index (κ1) is 15.0. The molecule has 0 aliphatic carbocycles. The largest absolute Gasteiger partial charge is 0.478 e. The van der Waals surface area contributed by atoms with E-state index >= 15 is 0 Å². The maximum absolute atomic E-state index is 12.5. The Balaban J connectivity index is 2.30. The van der Waals surface area contributed by atoms with Crippen LogP contribution in [0.4, 0.5) is 0 Å². The van der Waals surface area contributed by atoms with Crippen molar-refractivity contribution >= 4 is 16.0 Å². The molecule has 1 N–H and O–H groups in total. The zero-order valence-electron chi connectivity index (χ0n) is 11.2. The Hall–Kier alpha value is -1.44. The van der Waals surface area contributed by atoms with Gasteiger partial charge >= 0.3 is 5.97 Å². The van der Waals surface area contributed by atoms with E-state index in [2.05, 4.69) is 0 Å². The van der Waals surface area contributed by atoms with E-state index in [-0.39, 0.29) is 23.1 Å². The van der Waals surface area contributed by atoms with E-state index in [0.29, 0.717) is 13.2 Å². The van der Waals surface area contributed by atoms with E-state index in [0.717, 1.165) is 6.42 Å². The van der Waals surface area contributed by atoms with Gasteiger partial charge in [-0.05, 0) is 24.6 Å². The Bertz CT molecular complexity index is 599. The van der Waals surface area contributed by atoms with Crippen LogP contribution >= 0.6 is 0 Å². The summed E-state index contributed by atoms with van der Waals surface area (Å²) in [5.41, 5.74) is -0.0358. The molecule has 1 saturated heterocycles. The maximum Gasteiger partial charge on any atom is 0.335 e. The van der Waals surface area contributed by atoms with Gasteiger partial charge in [-0.2, -0.15) is 4.31 Å². The Morgan fingerprint density at radius 1 is 1.50 bits per heavy atom. The second-order valence-electron chi connectivity index (χ2n) is 4.60. The van der Waals surface area contributed by atoms with Crippen LogP contribution in [0.2, 0.25) is 0 Å². The number of benzene rings is 1. The van der Waals surface area contributed by atoms with Crippen LogP contribution in [0.25, 0.3) is 0 Å². The van der Waals surface area contributed by atoms with Crippen molar-refractivity contribution in [2.75, 3.05) is 19.7 Å². The van der Waals surface area contributed by atoms with E-state index < -0.39 is 16.0 Å². The van der Waals surface area contributed by atoms with E-state index in [1.54, 1.807) is 0 Å². The lowest BCUT2D eigenvalue weighted by Gasteiger charge is -2.31. The summed E-state index contributed by atoms with van der Waals surface area (Å²) in [5.74, 6) is -1.14. The summed E-state index contributed by atoms with van der Waals surface area (Å²) in [5, 5.41) is 8.94. The number of aromatic carboxylic acids is 1. The van der Waals surface area contributed by atoms with Gasteiger partial charge in [-0.3, -0.25) is 0 Å². The molecule has 0 saturated carbocycles. The highest BCUT2D eigenvalue weighted by Crippen LogP contribution is 2.20. The molecular weight excluding hydrogens is 282 g/mol. The van der Waals surface area contributed by atoms with Crippen LogP contribution in [0.3, 0.4) is 0 Å². The third-order valence-electron chi connectivity index (χ3n) is 3.28. The third-order valence-corrected chi connectivity index (χ3v) is 5.14. The van der Waals surface area contributed by atoms with Gasteiger partial charge in [-0.1, -0.05) is 13.0 Å². The first-order valence-electron chi connectivity index (χ1n) is 6.40. The third kappa shape index (κ3) is 3.00. The van der Waals surface area contributed by atoms with Crippen molar-refractivity contribution in [2.45, 2.75) is 24.3 Å².